The molecule has 1 unspecified atom stereocenters. The van der Waals surface area contributed by atoms with Crippen LogP contribution >= 0.6 is 0 Å². The quantitative estimate of drug-likeness (QED) is 0.298. The second-order valence-corrected chi connectivity index (χ2v) is 9.46. The summed E-state index contributed by atoms with van der Waals surface area (Å²) in [4.78, 5) is 22.8. The first-order valence-electron chi connectivity index (χ1n) is 10.6. The largest absolute Gasteiger partial charge is 0.465 e. The molecule has 1 heterocycles. The van der Waals surface area contributed by atoms with Crippen LogP contribution in [-0.4, -0.2) is 29.9 Å². The highest BCUT2D eigenvalue weighted by Gasteiger charge is 2.37. The van der Waals surface area contributed by atoms with E-state index in [4.69, 9.17) is 4.74 Å². The molecule has 4 heteroatoms. The van der Waals surface area contributed by atoms with Crippen molar-refractivity contribution in [1.82, 2.24) is 5.32 Å². The Kier molecular flexibility index (Phi) is 9.84. The molecule has 0 saturated carbocycles. The molecular formula is C22H41NO3. The highest BCUT2D eigenvalue weighted by molar-refractivity contribution is 5.69. The lowest BCUT2D eigenvalue weighted by atomic mass is 9.76. The first-order valence-corrected chi connectivity index (χ1v) is 10.6. The fourth-order valence-electron chi connectivity index (χ4n) is 4.51. The molecule has 1 N–H and O–H groups in total. The van der Waals surface area contributed by atoms with Crippen LogP contribution in [0.4, 0.5) is 0 Å². The van der Waals surface area contributed by atoms with Gasteiger partial charge in [-0.05, 0) is 65.7 Å². The van der Waals surface area contributed by atoms with E-state index in [-0.39, 0.29) is 23.0 Å². The third-order valence-electron chi connectivity index (χ3n) is 5.43. The number of rotatable bonds is 12. The SMILES string of the molecule is CCC(C=O)CCCCCCCC(=O)OCC1CC(C)(C)NC(C)(C)C1. The molecule has 1 fully saturated rings. The van der Waals surface area contributed by atoms with E-state index in [2.05, 4.69) is 39.9 Å². The zero-order valence-electron chi connectivity index (χ0n) is 17.7. The summed E-state index contributed by atoms with van der Waals surface area (Å²) in [6, 6.07) is 0. The number of carbonyl (C=O) groups excluding carboxylic acids is 2. The Morgan fingerprint density at radius 1 is 1.08 bits per heavy atom. The summed E-state index contributed by atoms with van der Waals surface area (Å²) in [5.41, 5.74) is 0.193. The standard InChI is InChI=1S/C22H41NO3/c1-6-18(16-24)12-10-8-7-9-11-13-20(25)26-17-19-14-21(2,3)23-22(4,5)15-19/h16,18-19,23H,6-15,17H2,1-5H3. The first kappa shape index (κ1) is 23.1. The van der Waals surface area contributed by atoms with Crippen molar-refractivity contribution in [2.24, 2.45) is 11.8 Å². The van der Waals surface area contributed by atoms with Gasteiger partial charge in [0.2, 0.25) is 0 Å². The molecule has 26 heavy (non-hydrogen) atoms. The Morgan fingerprint density at radius 3 is 2.23 bits per heavy atom. The predicted octanol–water partition coefficient (Wildman–Crippen LogP) is 5.04. The number of aldehydes is 1. The molecule has 1 atom stereocenters. The van der Waals surface area contributed by atoms with Gasteiger partial charge < -0.3 is 14.8 Å². The first-order chi connectivity index (χ1) is 12.2. The zero-order valence-corrected chi connectivity index (χ0v) is 17.7. The molecule has 0 aromatic rings. The van der Waals surface area contributed by atoms with Crippen LogP contribution in [-0.2, 0) is 14.3 Å². The van der Waals surface area contributed by atoms with E-state index in [0.717, 1.165) is 64.1 Å². The molecule has 0 aromatic carbocycles. The van der Waals surface area contributed by atoms with E-state index >= 15 is 0 Å². The van der Waals surface area contributed by atoms with Crippen molar-refractivity contribution in [3.05, 3.63) is 0 Å². The van der Waals surface area contributed by atoms with Gasteiger partial charge in [-0.2, -0.15) is 0 Å². The lowest BCUT2D eigenvalue weighted by Crippen LogP contribution is -2.58. The number of ether oxygens (including phenoxy) is 1. The smallest absolute Gasteiger partial charge is 0.305 e. The van der Waals surface area contributed by atoms with Gasteiger partial charge in [0.25, 0.3) is 0 Å². The number of esters is 1. The van der Waals surface area contributed by atoms with Gasteiger partial charge in [0.05, 0.1) is 6.61 Å². The summed E-state index contributed by atoms with van der Waals surface area (Å²) in [5, 5.41) is 3.66. The molecule has 0 aliphatic carbocycles. The van der Waals surface area contributed by atoms with Crippen molar-refractivity contribution in [3.8, 4) is 0 Å². The van der Waals surface area contributed by atoms with Gasteiger partial charge in [0.1, 0.15) is 6.29 Å². The van der Waals surface area contributed by atoms with Crippen molar-refractivity contribution < 1.29 is 14.3 Å². The van der Waals surface area contributed by atoms with E-state index in [1.165, 1.54) is 0 Å². The molecule has 0 radical (unpaired) electrons. The molecule has 0 bridgehead atoms. The molecule has 0 amide bonds. The third-order valence-corrected chi connectivity index (χ3v) is 5.43. The van der Waals surface area contributed by atoms with Crippen LogP contribution < -0.4 is 5.32 Å². The second kappa shape index (κ2) is 11.1. The van der Waals surface area contributed by atoms with Crippen molar-refractivity contribution in [2.75, 3.05) is 6.61 Å². The minimum atomic E-state index is -0.0499. The van der Waals surface area contributed by atoms with Crippen LogP contribution in [0.15, 0.2) is 0 Å². The van der Waals surface area contributed by atoms with E-state index in [1.54, 1.807) is 0 Å². The van der Waals surface area contributed by atoms with E-state index < -0.39 is 0 Å². The number of hydrogen-bond donors (Lipinski definition) is 1. The van der Waals surface area contributed by atoms with Crippen molar-refractivity contribution >= 4 is 12.3 Å². The maximum atomic E-state index is 12.0. The number of unbranched alkanes of at least 4 members (excludes halogenated alkanes) is 4. The molecule has 1 rings (SSSR count). The normalized spacial score (nSPS) is 20.5. The summed E-state index contributed by atoms with van der Waals surface area (Å²) in [6.07, 6.45) is 11.0. The Hall–Kier alpha value is -0.900. The Labute approximate surface area is 160 Å². The Morgan fingerprint density at radius 2 is 1.65 bits per heavy atom. The van der Waals surface area contributed by atoms with Crippen LogP contribution in [0.25, 0.3) is 0 Å². The molecule has 0 spiro atoms. The third kappa shape index (κ3) is 9.70. The zero-order chi connectivity index (χ0) is 19.6. The van der Waals surface area contributed by atoms with Crippen molar-refractivity contribution in [2.45, 2.75) is 110 Å². The van der Waals surface area contributed by atoms with E-state index in [0.29, 0.717) is 18.9 Å². The van der Waals surface area contributed by atoms with Gasteiger partial charge in [0.15, 0.2) is 0 Å². The summed E-state index contributed by atoms with van der Waals surface area (Å²) < 4.78 is 5.55. The second-order valence-electron chi connectivity index (χ2n) is 9.46. The molecule has 0 aromatic heterocycles. The minimum absolute atomic E-state index is 0.0499. The Balaban J connectivity index is 2.09. The number of nitrogens with one attached hydrogen (secondary N) is 1. The summed E-state index contributed by atoms with van der Waals surface area (Å²) in [7, 11) is 0. The van der Waals surface area contributed by atoms with Gasteiger partial charge in [-0.25, -0.2) is 0 Å². The predicted molar refractivity (Wildman–Crippen MR) is 107 cm³/mol. The number of carbonyl (C=O) groups is 2. The molecule has 1 aliphatic rings. The molecule has 1 saturated heterocycles. The van der Waals surface area contributed by atoms with Crippen LogP contribution in [0.5, 0.6) is 0 Å². The van der Waals surface area contributed by atoms with E-state index in [9.17, 15) is 9.59 Å². The lowest BCUT2D eigenvalue weighted by molar-refractivity contribution is -0.146. The molecule has 152 valence electrons. The summed E-state index contributed by atoms with van der Waals surface area (Å²) in [5.74, 6) is 0.621. The average Bonchev–Trinajstić information content (AvgIpc) is 2.53. The molecule has 1 aliphatic heterocycles. The minimum Gasteiger partial charge on any atom is -0.465 e. The highest BCUT2D eigenvalue weighted by Crippen LogP contribution is 2.32. The van der Waals surface area contributed by atoms with Crippen LogP contribution in [0.3, 0.4) is 0 Å². The number of piperidine rings is 1. The fourth-order valence-corrected chi connectivity index (χ4v) is 4.51. The summed E-state index contributed by atoms with van der Waals surface area (Å²) >= 11 is 0. The topological polar surface area (TPSA) is 55.4 Å². The van der Waals surface area contributed by atoms with Crippen LogP contribution in [0.2, 0.25) is 0 Å². The van der Waals surface area contributed by atoms with Crippen LogP contribution in [0, 0.1) is 11.8 Å². The van der Waals surface area contributed by atoms with Gasteiger partial charge >= 0.3 is 5.97 Å². The maximum absolute atomic E-state index is 12.0. The van der Waals surface area contributed by atoms with Gasteiger partial charge in [-0.1, -0.05) is 32.6 Å². The van der Waals surface area contributed by atoms with Gasteiger partial charge in [-0.15, -0.1) is 0 Å². The summed E-state index contributed by atoms with van der Waals surface area (Å²) in [6.45, 7) is 11.5. The maximum Gasteiger partial charge on any atom is 0.305 e. The molecule has 4 nitrogen and oxygen atoms in total. The lowest BCUT2D eigenvalue weighted by Gasteiger charge is -2.46. The highest BCUT2D eigenvalue weighted by atomic mass is 16.5. The fraction of sp³-hybridized carbons (Fsp3) is 0.909. The van der Waals surface area contributed by atoms with Crippen molar-refractivity contribution in [3.63, 3.8) is 0 Å². The van der Waals surface area contributed by atoms with Crippen molar-refractivity contribution in [1.29, 1.82) is 0 Å². The average molecular weight is 368 g/mol. The van der Waals surface area contributed by atoms with Gasteiger partial charge in [-0.3, -0.25) is 4.79 Å². The number of hydrogen-bond acceptors (Lipinski definition) is 4. The van der Waals surface area contributed by atoms with E-state index in [1.807, 2.05) is 0 Å². The van der Waals surface area contributed by atoms with Gasteiger partial charge in [0, 0.05) is 23.4 Å². The monoisotopic (exact) mass is 367 g/mol. The molecular weight excluding hydrogens is 326 g/mol. The van der Waals surface area contributed by atoms with Crippen LogP contribution in [0.1, 0.15) is 98.8 Å². The Bertz CT molecular complexity index is 415.